The van der Waals surface area contributed by atoms with Crippen LogP contribution in [0.25, 0.3) is 43.8 Å². The highest BCUT2D eigenvalue weighted by molar-refractivity contribution is 6.21. The van der Waals surface area contributed by atoms with Crippen molar-refractivity contribution in [3.63, 3.8) is 0 Å². The summed E-state index contributed by atoms with van der Waals surface area (Å²) in [5.74, 6) is 0. The minimum Gasteiger partial charge on any atom is -0.0587 e. The standard InChI is InChI=1S/C30H26/c1-19-5-11-23(12-6-19)29-26-16-10-21(3)17-27(26)25-15-9-22(4)18-28(25)30(29)24-13-7-20(2)8-14-24/h5-18H,1-4H3. The lowest BCUT2D eigenvalue weighted by Crippen LogP contribution is -1.93. The highest BCUT2D eigenvalue weighted by Gasteiger charge is 2.17. The maximum absolute atomic E-state index is 2.35. The second kappa shape index (κ2) is 7.15. The first kappa shape index (κ1) is 18.6. The van der Waals surface area contributed by atoms with Crippen LogP contribution in [0.5, 0.6) is 0 Å². The molecule has 0 fully saturated rings. The van der Waals surface area contributed by atoms with E-state index in [0.717, 1.165) is 0 Å². The predicted molar refractivity (Wildman–Crippen MR) is 131 cm³/mol. The van der Waals surface area contributed by atoms with Crippen molar-refractivity contribution in [2.75, 3.05) is 0 Å². The minimum absolute atomic E-state index is 1.27. The van der Waals surface area contributed by atoms with Crippen molar-refractivity contribution < 1.29 is 0 Å². The lowest BCUT2D eigenvalue weighted by Gasteiger charge is -2.19. The molecule has 0 unspecified atom stereocenters. The lowest BCUT2D eigenvalue weighted by atomic mass is 9.84. The molecule has 0 saturated carbocycles. The van der Waals surface area contributed by atoms with Crippen LogP contribution in [0.15, 0.2) is 84.9 Å². The van der Waals surface area contributed by atoms with Gasteiger partial charge in [-0.2, -0.15) is 0 Å². The Morgan fingerprint density at radius 1 is 0.333 bits per heavy atom. The van der Waals surface area contributed by atoms with Crippen molar-refractivity contribution in [3.05, 3.63) is 107 Å². The highest BCUT2D eigenvalue weighted by atomic mass is 14.2. The van der Waals surface area contributed by atoms with E-state index in [-0.39, 0.29) is 0 Å². The number of hydrogen-bond acceptors (Lipinski definition) is 0. The molecule has 5 aromatic rings. The molecule has 0 saturated heterocycles. The van der Waals surface area contributed by atoms with Gasteiger partial charge in [0.2, 0.25) is 0 Å². The van der Waals surface area contributed by atoms with Crippen molar-refractivity contribution in [1.82, 2.24) is 0 Å². The van der Waals surface area contributed by atoms with E-state index in [4.69, 9.17) is 0 Å². The fraction of sp³-hybridized carbons (Fsp3) is 0.133. The Kier molecular flexibility index (Phi) is 4.44. The molecule has 146 valence electrons. The molecule has 0 nitrogen and oxygen atoms in total. The molecule has 0 amide bonds. The van der Waals surface area contributed by atoms with Gasteiger partial charge in [0.15, 0.2) is 0 Å². The first-order valence-corrected chi connectivity index (χ1v) is 10.6. The van der Waals surface area contributed by atoms with Gasteiger partial charge >= 0.3 is 0 Å². The Morgan fingerprint density at radius 3 is 1.27 bits per heavy atom. The number of rotatable bonds is 2. The predicted octanol–water partition coefficient (Wildman–Crippen LogP) is 8.56. The number of benzene rings is 5. The van der Waals surface area contributed by atoms with Crippen LogP contribution in [0, 0.1) is 27.7 Å². The van der Waals surface area contributed by atoms with E-state index >= 15 is 0 Å². The van der Waals surface area contributed by atoms with Crippen molar-refractivity contribution in [2.45, 2.75) is 27.7 Å². The summed E-state index contributed by atoms with van der Waals surface area (Å²) in [6.45, 7) is 8.66. The Labute approximate surface area is 178 Å². The van der Waals surface area contributed by atoms with Gasteiger partial charge in [0.1, 0.15) is 0 Å². The summed E-state index contributed by atoms with van der Waals surface area (Å²) >= 11 is 0. The van der Waals surface area contributed by atoms with Crippen LogP contribution >= 0.6 is 0 Å². The minimum atomic E-state index is 1.27. The topological polar surface area (TPSA) is 0 Å². The molecular formula is C30H26. The molecule has 5 aromatic carbocycles. The van der Waals surface area contributed by atoms with Gasteiger partial charge in [-0.25, -0.2) is 0 Å². The molecular weight excluding hydrogens is 360 g/mol. The van der Waals surface area contributed by atoms with E-state index in [2.05, 4.69) is 113 Å². The zero-order chi connectivity index (χ0) is 20.8. The molecule has 0 spiro atoms. The van der Waals surface area contributed by atoms with E-state index in [9.17, 15) is 0 Å². The summed E-state index contributed by atoms with van der Waals surface area (Å²) in [6.07, 6.45) is 0. The number of fused-ring (bicyclic) bond motifs is 3. The van der Waals surface area contributed by atoms with Crippen molar-refractivity contribution >= 4 is 21.5 Å². The maximum Gasteiger partial charge on any atom is -0.00202 e. The summed E-state index contributed by atoms with van der Waals surface area (Å²) in [5, 5.41) is 5.30. The third kappa shape index (κ3) is 3.09. The Morgan fingerprint density at radius 2 is 0.733 bits per heavy atom. The summed E-state index contributed by atoms with van der Waals surface area (Å²) < 4.78 is 0. The molecule has 0 heterocycles. The lowest BCUT2D eigenvalue weighted by molar-refractivity contribution is 1.46. The van der Waals surface area contributed by atoms with Gasteiger partial charge in [-0.3, -0.25) is 0 Å². The van der Waals surface area contributed by atoms with Crippen molar-refractivity contribution in [2.24, 2.45) is 0 Å². The van der Waals surface area contributed by atoms with Gasteiger partial charge in [-0.05, 0) is 71.5 Å². The fourth-order valence-corrected chi connectivity index (χ4v) is 4.51. The van der Waals surface area contributed by atoms with E-state index in [1.165, 1.54) is 66.1 Å². The zero-order valence-corrected chi connectivity index (χ0v) is 18.1. The maximum atomic E-state index is 2.35. The fourth-order valence-electron chi connectivity index (χ4n) is 4.51. The summed E-state index contributed by atoms with van der Waals surface area (Å²) in [4.78, 5) is 0. The molecule has 0 bridgehead atoms. The van der Waals surface area contributed by atoms with E-state index < -0.39 is 0 Å². The second-order valence-corrected chi connectivity index (χ2v) is 8.58. The average Bonchev–Trinajstić information content (AvgIpc) is 2.74. The SMILES string of the molecule is Cc1ccc(-c2c(-c3ccc(C)cc3)c3ccc(C)cc3c3ccc(C)cc23)cc1. The van der Waals surface area contributed by atoms with Gasteiger partial charge in [0, 0.05) is 0 Å². The van der Waals surface area contributed by atoms with Crippen LogP contribution in [0.1, 0.15) is 22.3 Å². The van der Waals surface area contributed by atoms with E-state index in [0.29, 0.717) is 0 Å². The van der Waals surface area contributed by atoms with Gasteiger partial charge in [0.05, 0.1) is 0 Å². The van der Waals surface area contributed by atoms with Crippen LogP contribution in [0.2, 0.25) is 0 Å². The Hall–Kier alpha value is -3.38. The third-order valence-electron chi connectivity index (χ3n) is 6.11. The van der Waals surface area contributed by atoms with Crippen LogP contribution in [0.3, 0.4) is 0 Å². The normalized spacial score (nSPS) is 11.3. The monoisotopic (exact) mass is 386 g/mol. The molecule has 5 rings (SSSR count). The first-order valence-electron chi connectivity index (χ1n) is 10.6. The Balaban J connectivity index is 2.03. The molecule has 0 aliphatic heterocycles. The first-order chi connectivity index (χ1) is 14.5. The van der Waals surface area contributed by atoms with Crippen LogP contribution in [-0.2, 0) is 0 Å². The Bertz CT molecular complexity index is 1390. The summed E-state index contributed by atoms with van der Waals surface area (Å²) in [6, 6.07) is 31.7. The highest BCUT2D eigenvalue weighted by Crippen LogP contribution is 2.45. The average molecular weight is 387 g/mol. The largest absolute Gasteiger partial charge is 0.0587 e. The van der Waals surface area contributed by atoms with Crippen molar-refractivity contribution in [1.29, 1.82) is 0 Å². The smallest absolute Gasteiger partial charge is 0.00202 e. The zero-order valence-electron chi connectivity index (χ0n) is 18.1. The molecule has 0 heteroatoms. The molecule has 0 aliphatic carbocycles. The van der Waals surface area contributed by atoms with Crippen LogP contribution in [-0.4, -0.2) is 0 Å². The van der Waals surface area contributed by atoms with Crippen molar-refractivity contribution in [3.8, 4) is 22.3 Å². The van der Waals surface area contributed by atoms with Crippen LogP contribution in [0.4, 0.5) is 0 Å². The third-order valence-corrected chi connectivity index (χ3v) is 6.11. The molecule has 30 heavy (non-hydrogen) atoms. The molecule has 0 aromatic heterocycles. The van der Waals surface area contributed by atoms with E-state index in [1.54, 1.807) is 0 Å². The molecule has 0 aliphatic rings. The molecule has 0 atom stereocenters. The summed E-state index contributed by atoms with van der Waals surface area (Å²) in [7, 11) is 0. The summed E-state index contributed by atoms with van der Waals surface area (Å²) in [5.41, 5.74) is 10.4. The van der Waals surface area contributed by atoms with E-state index in [1.807, 2.05) is 0 Å². The van der Waals surface area contributed by atoms with Gasteiger partial charge < -0.3 is 0 Å². The quantitative estimate of drug-likeness (QED) is 0.267. The molecule has 0 radical (unpaired) electrons. The number of aryl methyl sites for hydroxylation is 4. The second-order valence-electron chi connectivity index (χ2n) is 8.58. The number of hydrogen-bond donors (Lipinski definition) is 0. The van der Waals surface area contributed by atoms with Gasteiger partial charge in [-0.15, -0.1) is 0 Å². The van der Waals surface area contributed by atoms with Crippen LogP contribution < -0.4 is 0 Å². The van der Waals surface area contributed by atoms with Gasteiger partial charge in [-0.1, -0.05) is 107 Å². The van der Waals surface area contributed by atoms with Gasteiger partial charge in [0.25, 0.3) is 0 Å². The molecule has 0 N–H and O–H groups in total.